The van der Waals surface area contributed by atoms with Gasteiger partial charge in [0.15, 0.2) is 0 Å². The average Bonchev–Trinajstić information content (AvgIpc) is 2.61. The van der Waals surface area contributed by atoms with Gasteiger partial charge in [0.05, 0.1) is 12.0 Å². The molecule has 1 amide bonds. The van der Waals surface area contributed by atoms with Crippen LogP contribution in [0.5, 0.6) is 0 Å². The summed E-state index contributed by atoms with van der Waals surface area (Å²) in [5.41, 5.74) is 0. The quantitative estimate of drug-likeness (QED) is 0.658. The van der Waals surface area contributed by atoms with Crippen LogP contribution in [0.2, 0.25) is 0 Å². The highest BCUT2D eigenvalue weighted by Crippen LogP contribution is 2.30. The fourth-order valence-electron chi connectivity index (χ4n) is 2.73. The van der Waals surface area contributed by atoms with Crippen molar-refractivity contribution >= 4 is 5.91 Å². The van der Waals surface area contributed by atoms with Gasteiger partial charge in [0.2, 0.25) is 5.91 Å². The molecule has 1 aliphatic heterocycles. The molecule has 2 rings (SSSR count). The average molecular weight is 206 g/mol. The van der Waals surface area contributed by atoms with E-state index < -0.39 is 0 Å². The molecule has 15 heavy (non-hydrogen) atoms. The monoisotopic (exact) mass is 206 g/mol. The first kappa shape index (κ1) is 10.5. The van der Waals surface area contributed by atoms with Gasteiger partial charge in [-0.25, -0.2) is 0 Å². The van der Waals surface area contributed by atoms with Crippen molar-refractivity contribution in [2.45, 2.75) is 45.1 Å². The first-order chi connectivity index (χ1) is 7.20. The molecular weight excluding hydrogens is 188 g/mol. The number of hydrogen-bond donors (Lipinski definition) is 0. The maximum Gasteiger partial charge on any atom is 0.224 e. The topological polar surface area (TPSA) is 44.1 Å². The van der Waals surface area contributed by atoms with Crippen molar-refractivity contribution in [3.8, 4) is 6.07 Å². The standard InChI is InChI=1S/C12H18N2O/c1-9-2-4-11(5-3-9)14-8-10(7-13)6-12(14)15/h9-11H,2-6,8H2,1H3. The summed E-state index contributed by atoms with van der Waals surface area (Å²) < 4.78 is 0. The lowest BCUT2D eigenvalue weighted by Gasteiger charge is -2.33. The summed E-state index contributed by atoms with van der Waals surface area (Å²) in [4.78, 5) is 13.7. The van der Waals surface area contributed by atoms with Gasteiger partial charge in [-0.2, -0.15) is 5.26 Å². The number of carbonyl (C=O) groups excluding carboxylic acids is 1. The second-order valence-corrected chi connectivity index (χ2v) is 4.99. The van der Waals surface area contributed by atoms with Gasteiger partial charge in [-0.05, 0) is 31.6 Å². The minimum Gasteiger partial charge on any atom is -0.338 e. The molecule has 1 unspecified atom stereocenters. The van der Waals surface area contributed by atoms with Crippen molar-refractivity contribution in [2.24, 2.45) is 11.8 Å². The van der Waals surface area contributed by atoms with Crippen LogP contribution in [0, 0.1) is 23.2 Å². The summed E-state index contributed by atoms with van der Waals surface area (Å²) in [5, 5.41) is 8.81. The van der Waals surface area contributed by atoms with Crippen LogP contribution in [-0.2, 0) is 4.79 Å². The Morgan fingerprint density at radius 3 is 2.53 bits per heavy atom. The van der Waals surface area contributed by atoms with Crippen molar-refractivity contribution in [1.82, 2.24) is 4.90 Å². The summed E-state index contributed by atoms with van der Waals surface area (Å²) in [5.74, 6) is 0.948. The third-order valence-corrected chi connectivity index (χ3v) is 3.77. The van der Waals surface area contributed by atoms with Crippen LogP contribution < -0.4 is 0 Å². The van der Waals surface area contributed by atoms with E-state index in [1.54, 1.807) is 0 Å². The summed E-state index contributed by atoms with van der Waals surface area (Å²) in [6.07, 6.45) is 5.16. The molecular formula is C12H18N2O. The molecule has 0 aromatic carbocycles. The molecule has 0 aromatic heterocycles. The summed E-state index contributed by atoms with van der Waals surface area (Å²) in [6, 6.07) is 2.63. The maximum absolute atomic E-state index is 11.7. The zero-order chi connectivity index (χ0) is 10.8. The van der Waals surface area contributed by atoms with Crippen molar-refractivity contribution in [1.29, 1.82) is 5.26 Å². The van der Waals surface area contributed by atoms with E-state index in [1.807, 2.05) is 4.90 Å². The number of nitriles is 1. The Bertz CT molecular complexity index is 286. The van der Waals surface area contributed by atoms with E-state index in [-0.39, 0.29) is 11.8 Å². The molecule has 1 heterocycles. The number of hydrogen-bond acceptors (Lipinski definition) is 2. The lowest BCUT2D eigenvalue weighted by atomic mass is 9.87. The van der Waals surface area contributed by atoms with Crippen molar-refractivity contribution in [2.75, 3.05) is 6.54 Å². The number of nitrogens with zero attached hydrogens (tertiary/aromatic N) is 2. The minimum atomic E-state index is -0.0585. The molecule has 3 heteroatoms. The molecule has 0 bridgehead atoms. The Kier molecular flexibility index (Phi) is 2.95. The Labute approximate surface area is 91.1 Å². The Morgan fingerprint density at radius 2 is 2.00 bits per heavy atom. The second kappa shape index (κ2) is 4.22. The number of amides is 1. The highest BCUT2D eigenvalue weighted by atomic mass is 16.2. The van der Waals surface area contributed by atoms with Gasteiger partial charge in [-0.3, -0.25) is 4.79 Å². The second-order valence-electron chi connectivity index (χ2n) is 4.99. The van der Waals surface area contributed by atoms with E-state index in [0.717, 1.165) is 18.8 Å². The molecule has 1 aliphatic carbocycles. The van der Waals surface area contributed by atoms with Crippen LogP contribution in [-0.4, -0.2) is 23.4 Å². The van der Waals surface area contributed by atoms with Gasteiger partial charge in [0.1, 0.15) is 0 Å². The molecule has 0 spiro atoms. The number of carbonyl (C=O) groups is 1. The van der Waals surface area contributed by atoms with Crippen molar-refractivity contribution < 1.29 is 4.79 Å². The van der Waals surface area contributed by atoms with E-state index >= 15 is 0 Å². The Morgan fingerprint density at radius 1 is 1.33 bits per heavy atom. The zero-order valence-electron chi connectivity index (χ0n) is 9.28. The summed E-state index contributed by atoms with van der Waals surface area (Å²) in [7, 11) is 0. The predicted molar refractivity (Wildman–Crippen MR) is 56.9 cm³/mol. The summed E-state index contributed by atoms with van der Waals surface area (Å²) in [6.45, 7) is 2.95. The summed E-state index contributed by atoms with van der Waals surface area (Å²) >= 11 is 0. The molecule has 0 aromatic rings. The molecule has 2 fully saturated rings. The van der Waals surface area contributed by atoms with E-state index in [9.17, 15) is 4.79 Å². The van der Waals surface area contributed by atoms with Crippen LogP contribution in [0.1, 0.15) is 39.0 Å². The number of likely N-dealkylation sites (tertiary alicyclic amines) is 1. The Balaban J connectivity index is 1.94. The van der Waals surface area contributed by atoms with Crippen LogP contribution >= 0.6 is 0 Å². The fraction of sp³-hybridized carbons (Fsp3) is 0.833. The van der Waals surface area contributed by atoms with Crippen LogP contribution in [0.25, 0.3) is 0 Å². The fourth-order valence-corrected chi connectivity index (χ4v) is 2.73. The Hall–Kier alpha value is -1.04. The highest BCUT2D eigenvalue weighted by Gasteiger charge is 2.35. The lowest BCUT2D eigenvalue weighted by molar-refractivity contribution is -0.130. The normalized spacial score (nSPS) is 36.7. The zero-order valence-corrected chi connectivity index (χ0v) is 9.28. The van der Waals surface area contributed by atoms with Crippen LogP contribution in [0.4, 0.5) is 0 Å². The van der Waals surface area contributed by atoms with Gasteiger partial charge in [0.25, 0.3) is 0 Å². The largest absolute Gasteiger partial charge is 0.338 e. The van der Waals surface area contributed by atoms with E-state index in [0.29, 0.717) is 19.0 Å². The first-order valence-corrected chi connectivity index (χ1v) is 5.89. The van der Waals surface area contributed by atoms with Gasteiger partial charge in [-0.15, -0.1) is 0 Å². The predicted octanol–water partition coefficient (Wildman–Crippen LogP) is 1.94. The molecule has 1 atom stereocenters. The van der Waals surface area contributed by atoms with Gasteiger partial charge in [-0.1, -0.05) is 6.92 Å². The molecule has 3 nitrogen and oxygen atoms in total. The van der Waals surface area contributed by atoms with Gasteiger partial charge < -0.3 is 4.90 Å². The van der Waals surface area contributed by atoms with E-state index in [2.05, 4.69) is 13.0 Å². The molecule has 0 N–H and O–H groups in total. The molecule has 0 radical (unpaired) electrons. The molecule has 1 saturated carbocycles. The van der Waals surface area contributed by atoms with Crippen molar-refractivity contribution in [3.63, 3.8) is 0 Å². The molecule has 82 valence electrons. The molecule has 2 aliphatic rings. The molecule has 1 saturated heterocycles. The highest BCUT2D eigenvalue weighted by molar-refractivity contribution is 5.79. The van der Waals surface area contributed by atoms with E-state index in [1.165, 1.54) is 12.8 Å². The third-order valence-electron chi connectivity index (χ3n) is 3.77. The van der Waals surface area contributed by atoms with Gasteiger partial charge >= 0.3 is 0 Å². The maximum atomic E-state index is 11.7. The van der Waals surface area contributed by atoms with E-state index in [4.69, 9.17) is 5.26 Å². The smallest absolute Gasteiger partial charge is 0.224 e. The van der Waals surface area contributed by atoms with Gasteiger partial charge in [0, 0.05) is 19.0 Å². The van der Waals surface area contributed by atoms with Crippen LogP contribution in [0.3, 0.4) is 0 Å². The van der Waals surface area contributed by atoms with Crippen LogP contribution in [0.15, 0.2) is 0 Å². The van der Waals surface area contributed by atoms with Crippen molar-refractivity contribution in [3.05, 3.63) is 0 Å². The third kappa shape index (κ3) is 2.14. The lowest BCUT2D eigenvalue weighted by Crippen LogP contribution is -2.38. The SMILES string of the molecule is CC1CCC(N2CC(C#N)CC2=O)CC1. The minimum absolute atomic E-state index is 0.0585. The number of rotatable bonds is 1. The first-order valence-electron chi connectivity index (χ1n) is 5.89.